The predicted molar refractivity (Wildman–Crippen MR) is 141 cm³/mol. The van der Waals surface area contributed by atoms with E-state index in [1.165, 1.54) is 30.7 Å². The number of nitrogens with one attached hydrogen (secondary N) is 3. The summed E-state index contributed by atoms with van der Waals surface area (Å²) < 4.78 is 29.9. The number of amides is 1. The van der Waals surface area contributed by atoms with Gasteiger partial charge in [-0.05, 0) is 42.7 Å². The SMILES string of the molecule is O=C(Nc1cncc(-c2cnc3[nH]nc(-c4nc5c(-c6cccc(F)c6)ccnc5[nH]4)c3c2F)c1)C1CCC1. The molecule has 0 bridgehead atoms. The summed E-state index contributed by atoms with van der Waals surface area (Å²) in [4.78, 5) is 33.0. The highest BCUT2D eigenvalue weighted by Gasteiger charge is 2.26. The van der Waals surface area contributed by atoms with Crippen molar-refractivity contribution in [3.63, 3.8) is 0 Å². The number of pyridine rings is 3. The first-order valence-corrected chi connectivity index (χ1v) is 12.4. The van der Waals surface area contributed by atoms with Crippen LogP contribution in [0.25, 0.3) is 56.0 Å². The molecule has 0 radical (unpaired) electrons. The van der Waals surface area contributed by atoms with Crippen LogP contribution in [-0.2, 0) is 4.79 Å². The van der Waals surface area contributed by atoms with Crippen molar-refractivity contribution in [3.05, 3.63) is 72.8 Å². The van der Waals surface area contributed by atoms with Crippen LogP contribution in [-0.4, -0.2) is 41.0 Å². The number of hydrogen-bond donors (Lipinski definition) is 3. The van der Waals surface area contributed by atoms with E-state index in [2.05, 4.69) is 40.4 Å². The summed E-state index contributed by atoms with van der Waals surface area (Å²) in [5.74, 6) is -0.690. The average molecular weight is 523 g/mol. The van der Waals surface area contributed by atoms with Gasteiger partial charge in [0.1, 0.15) is 22.8 Å². The van der Waals surface area contributed by atoms with Gasteiger partial charge in [0, 0.05) is 41.2 Å². The molecule has 0 atom stereocenters. The van der Waals surface area contributed by atoms with Crippen LogP contribution in [0, 0.1) is 17.6 Å². The van der Waals surface area contributed by atoms with E-state index in [0.29, 0.717) is 33.5 Å². The minimum Gasteiger partial charge on any atom is -0.324 e. The number of H-pyrrole nitrogens is 2. The standard InChI is InChI=1S/C28H20F2N8O/c29-17-6-2-5-15(9-17)19-7-8-32-26-23(19)35-27(36-26)24-21-22(30)20(13-33-25(21)38-37-24)16-10-18(12-31-11-16)34-28(39)14-3-1-4-14/h2,5-14H,1,3-4H2,(H,34,39)(H,32,35,36)(H,33,37,38). The van der Waals surface area contributed by atoms with Gasteiger partial charge in [-0.1, -0.05) is 18.6 Å². The zero-order chi connectivity index (χ0) is 26.5. The number of halogens is 2. The molecule has 39 heavy (non-hydrogen) atoms. The topological polar surface area (TPSA) is 125 Å². The first kappa shape index (κ1) is 23.1. The summed E-state index contributed by atoms with van der Waals surface area (Å²) >= 11 is 0. The zero-order valence-electron chi connectivity index (χ0n) is 20.4. The molecular formula is C28H20F2N8O. The number of hydrogen-bond acceptors (Lipinski definition) is 6. The van der Waals surface area contributed by atoms with Crippen molar-refractivity contribution in [2.75, 3.05) is 5.32 Å². The summed E-state index contributed by atoms with van der Waals surface area (Å²) in [7, 11) is 0. The highest BCUT2D eigenvalue weighted by Crippen LogP contribution is 2.35. The smallest absolute Gasteiger partial charge is 0.227 e. The highest BCUT2D eigenvalue weighted by molar-refractivity contribution is 5.97. The monoisotopic (exact) mass is 522 g/mol. The molecule has 0 unspecified atom stereocenters. The Kier molecular flexibility index (Phi) is 5.36. The van der Waals surface area contributed by atoms with E-state index in [9.17, 15) is 9.18 Å². The normalized spacial score (nSPS) is 13.6. The third kappa shape index (κ3) is 3.99. The zero-order valence-corrected chi connectivity index (χ0v) is 20.4. The molecule has 11 heteroatoms. The second-order valence-electron chi connectivity index (χ2n) is 9.51. The van der Waals surface area contributed by atoms with Gasteiger partial charge in [-0.2, -0.15) is 5.10 Å². The van der Waals surface area contributed by atoms with Gasteiger partial charge < -0.3 is 10.3 Å². The number of fused-ring (bicyclic) bond motifs is 2. The molecule has 1 aliphatic carbocycles. The van der Waals surface area contributed by atoms with E-state index in [1.54, 1.807) is 30.5 Å². The van der Waals surface area contributed by atoms with Gasteiger partial charge in [-0.15, -0.1) is 0 Å². The molecule has 7 rings (SSSR count). The fourth-order valence-corrected chi connectivity index (χ4v) is 4.81. The van der Waals surface area contributed by atoms with Crippen molar-refractivity contribution in [1.82, 2.24) is 35.1 Å². The van der Waals surface area contributed by atoms with Gasteiger partial charge in [0.15, 0.2) is 17.1 Å². The Hall–Kier alpha value is -5.06. The van der Waals surface area contributed by atoms with Crippen LogP contribution in [0.5, 0.6) is 0 Å². The second-order valence-corrected chi connectivity index (χ2v) is 9.51. The average Bonchev–Trinajstić information content (AvgIpc) is 3.52. The Balaban J connectivity index is 1.30. The van der Waals surface area contributed by atoms with E-state index in [-0.39, 0.29) is 45.8 Å². The van der Waals surface area contributed by atoms with Crippen LogP contribution < -0.4 is 5.32 Å². The van der Waals surface area contributed by atoms with Crippen LogP contribution in [0.1, 0.15) is 19.3 Å². The molecule has 1 amide bonds. The number of carbonyl (C=O) groups is 1. The molecule has 3 N–H and O–H groups in total. The highest BCUT2D eigenvalue weighted by atomic mass is 19.1. The maximum absolute atomic E-state index is 16.1. The summed E-state index contributed by atoms with van der Waals surface area (Å²) in [5, 5.41) is 10.1. The van der Waals surface area contributed by atoms with Gasteiger partial charge in [-0.25, -0.2) is 23.7 Å². The second kappa shape index (κ2) is 9.05. The lowest BCUT2D eigenvalue weighted by Crippen LogP contribution is -2.28. The van der Waals surface area contributed by atoms with E-state index in [0.717, 1.165) is 19.3 Å². The molecule has 5 heterocycles. The Morgan fingerprint density at radius 3 is 2.69 bits per heavy atom. The summed E-state index contributed by atoms with van der Waals surface area (Å²) in [6, 6.07) is 9.61. The van der Waals surface area contributed by atoms with Crippen molar-refractivity contribution in [1.29, 1.82) is 0 Å². The third-order valence-corrected chi connectivity index (χ3v) is 7.06. The molecule has 5 aromatic heterocycles. The molecule has 0 spiro atoms. The maximum Gasteiger partial charge on any atom is 0.227 e. The third-order valence-electron chi connectivity index (χ3n) is 7.06. The van der Waals surface area contributed by atoms with Gasteiger partial charge >= 0.3 is 0 Å². The number of aromatic nitrogens is 7. The van der Waals surface area contributed by atoms with Crippen LogP contribution >= 0.6 is 0 Å². The number of benzene rings is 1. The Bertz CT molecular complexity index is 1890. The van der Waals surface area contributed by atoms with Crippen LogP contribution in [0.3, 0.4) is 0 Å². The van der Waals surface area contributed by atoms with Gasteiger partial charge in [-0.3, -0.25) is 14.9 Å². The summed E-state index contributed by atoms with van der Waals surface area (Å²) in [6.07, 6.45) is 8.84. The maximum atomic E-state index is 16.1. The van der Waals surface area contributed by atoms with Gasteiger partial charge in [0.25, 0.3) is 0 Å². The van der Waals surface area contributed by atoms with Crippen molar-refractivity contribution >= 4 is 33.8 Å². The fraction of sp³-hybridized carbons (Fsp3) is 0.143. The van der Waals surface area contributed by atoms with Crippen molar-refractivity contribution < 1.29 is 13.6 Å². The molecule has 1 aliphatic rings. The van der Waals surface area contributed by atoms with Gasteiger partial charge in [0.05, 0.1) is 17.3 Å². The molecule has 0 saturated heterocycles. The van der Waals surface area contributed by atoms with E-state index in [1.807, 2.05) is 0 Å². The van der Waals surface area contributed by atoms with Crippen LogP contribution in [0.2, 0.25) is 0 Å². The Morgan fingerprint density at radius 1 is 0.974 bits per heavy atom. The van der Waals surface area contributed by atoms with E-state index >= 15 is 4.39 Å². The number of nitrogens with zero attached hydrogens (tertiary/aromatic N) is 5. The fourth-order valence-electron chi connectivity index (χ4n) is 4.81. The first-order valence-electron chi connectivity index (χ1n) is 12.4. The van der Waals surface area contributed by atoms with Gasteiger partial charge in [0.2, 0.25) is 5.91 Å². The van der Waals surface area contributed by atoms with E-state index in [4.69, 9.17) is 0 Å². The number of imidazole rings is 1. The molecule has 0 aliphatic heterocycles. The lowest BCUT2D eigenvalue weighted by Gasteiger charge is -2.24. The van der Waals surface area contributed by atoms with Crippen molar-refractivity contribution in [3.8, 4) is 33.8 Å². The quantitative estimate of drug-likeness (QED) is 0.269. The molecular weight excluding hydrogens is 502 g/mol. The lowest BCUT2D eigenvalue weighted by atomic mass is 9.85. The predicted octanol–water partition coefficient (Wildman–Crippen LogP) is 5.64. The molecule has 9 nitrogen and oxygen atoms in total. The number of anilines is 1. The summed E-state index contributed by atoms with van der Waals surface area (Å²) in [6.45, 7) is 0. The minimum absolute atomic E-state index is 0.0108. The van der Waals surface area contributed by atoms with Crippen molar-refractivity contribution in [2.45, 2.75) is 19.3 Å². The first-order chi connectivity index (χ1) is 19.0. The lowest BCUT2D eigenvalue weighted by molar-refractivity contribution is -0.122. The van der Waals surface area contributed by atoms with Crippen LogP contribution in [0.4, 0.5) is 14.5 Å². The number of carbonyl (C=O) groups excluding carboxylic acids is 1. The van der Waals surface area contributed by atoms with Crippen molar-refractivity contribution in [2.24, 2.45) is 5.92 Å². The Labute approximate surface area is 219 Å². The molecule has 1 aromatic carbocycles. The summed E-state index contributed by atoms with van der Waals surface area (Å²) in [5.41, 5.74) is 3.88. The van der Waals surface area contributed by atoms with E-state index < -0.39 is 5.82 Å². The largest absolute Gasteiger partial charge is 0.324 e. The molecule has 1 fully saturated rings. The molecule has 6 aromatic rings. The van der Waals surface area contributed by atoms with Crippen LogP contribution in [0.15, 0.2) is 61.2 Å². The Morgan fingerprint density at radius 2 is 1.87 bits per heavy atom. The number of aromatic amines is 2. The minimum atomic E-state index is -0.563. The molecule has 192 valence electrons. The number of rotatable bonds is 5. The molecule has 1 saturated carbocycles.